The molecule has 132 valence electrons. The number of nitrogens with two attached hydrogens (primary N) is 1. The van der Waals surface area contributed by atoms with E-state index in [0.717, 1.165) is 47.2 Å². The van der Waals surface area contributed by atoms with E-state index >= 15 is 0 Å². The number of aromatic nitrogens is 4. The Bertz CT molecular complexity index is 974. The predicted molar refractivity (Wildman–Crippen MR) is 106 cm³/mol. The van der Waals surface area contributed by atoms with E-state index in [-0.39, 0.29) is 0 Å². The van der Waals surface area contributed by atoms with Crippen molar-refractivity contribution in [2.24, 2.45) is 0 Å². The topological polar surface area (TPSA) is 80.8 Å². The second-order valence-corrected chi connectivity index (χ2v) is 7.08. The maximum absolute atomic E-state index is 5.73. The highest BCUT2D eigenvalue weighted by atomic mass is 32.1. The van der Waals surface area contributed by atoms with Gasteiger partial charge in [0.05, 0.1) is 18.1 Å². The number of nitrogen functional groups attached to an aromatic ring is 1. The lowest BCUT2D eigenvalue weighted by Gasteiger charge is -2.20. The first-order chi connectivity index (χ1) is 12.7. The third-order valence-electron chi connectivity index (χ3n) is 4.60. The summed E-state index contributed by atoms with van der Waals surface area (Å²) in [6.07, 6.45) is 6.79. The molecule has 3 aromatic rings. The van der Waals surface area contributed by atoms with Crippen LogP contribution in [0.3, 0.4) is 0 Å². The first kappa shape index (κ1) is 16.7. The van der Waals surface area contributed by atoms with Crippen LogP contribution >= 0.6 is 11.3 Å². The largest absolute Gasteiger partial charge is 0.374 e. The number of allylic oxidation sites excluding steroid dienone is 1. The maximum Gasteiger partial charge on any atom is 0.203 e. The fraction of sp³-hybridized carbons (Fsp3) is 0.263. The molecule has 0 atom stereocenters. The molecule has 1 aromatic carbocycles. The lowest BCUT2D eigenvalue weighted by molar-refractivity contribution is 0.838. The molecule has 6 nitrogen and oxygen atoms in total. The maximum atomic E-state index is 5.73. The van der Waals surface area contributed by atoms with Gasteiger partial charge in [0.15, 0.2) is 0 Å². The SMILES string of the molecule is CCN(CC)c1cncc(C2=CCc3ccc(-c4nnc(N)s4)cc32)n1. The Kier molecular flexibility index (Phi) is 4.38. The summed E-state index contributed by atoms with van der Waals surface area (Å²) in [6.45, 7) is 6.07. The fourth-order valence-corrected chi connectivity index (χ4v) is 3.85. The minimum absolute atomic E-state index is 0.481. The molecule has 7 heteroatoms. The molecule has 4 rings (SSSR count). The summed E-state index contributed by atoms with van der Waals surface area (Å²) in [5.74, 6) is 0.912. The number of nitrogens with zero attached hydrogens (tertiary/aromatic N) is 5. The number of hydrogen-bond donors (Lipinski definition) is 1. The summed E-state index contributed by atoms with van der Waals surface area (Å²) in [4.78, 5) is 11.5. The Morgan fingerprint density at radius 1 is 1.15 bits per heavy atom. The molecule has 0 aliphatic heterocycles. The van der Waals surface area contributed by atoms with E-state index < -0.39 is 0 Å². The number of rotatable bonds is 5. The standard InChI is InChI=1S/C19H20N6S/c1-3-25(4-2)17-11-21-10-16(22-17)14-8-7-12-5-6-13(9-15(12)14)18-23-24-19(20)26-18/h5-6,8-11H,3-4,7H2,1-2H3,(H2,20,24). The van der Waals surface area contributed by atoms with Crippen molar-refractivity contribution in [1.29, 1.82) is 0 Å². The molecule has 2 N–H and O–H groups in total. The van der Waals surface area contributed by atoms with Gasteiger partial charge >= 0.3 is 0 Å². The van der Waals surface area contributed by atoms with Gasteiger partial charge in [0.2, 0.25) is 5.13 Å². The van der Waals surface area contributed by atoms with Gasteiger partial charge in [0.25, 0.3) is 0 Å². The highest BCUT2D eigenvalue weighted by Crippen LogP contribution is 2.36. The molecule has 26 heavy (non-hydrogen) atoms. The van der Waals surface area contributed by atoms with Crippen LogP contribution in [-0.4, -0.2) is 33.3 Å². The summed E-state index contributed by atoms with van der Waals surface area (Å²) in [5, 5.41) is 9.39. The normalized spacial score (nSPS) is 12.8. The van der Waals surface area contributed by atoms with Crippen molar-refractivity contribution in [3.63, 3.8) is 0 Å². The van der Waals surface area contributed by atoms with Crippen LogP contribution in [0.15, 0.2) is 36.7 Å². The minimum Gasteiger partial charge on any atom is -0.374 e. The second kappa shape index (κ2) is 6.84. The van der Waals surface area contributed by atoms with Crippen LogP contribution in [0, 0.1) is 0 Å². The first-order valence-electron chi connectivity index (χ1n) is 8.69. The molecule has 2 aromatic heterocycles. The summed E-state index contributed by atoms with van der Waals surface area (Å²) in [7, 11) is 0. The van der Waals surface area contributed by atoms with Crippen LogP contribution in [0.5, 0.6) is 0 Å². The van der Waals surface area contributed by atoms with Gasteiger partial charge in [-0.2, -0.15) is 0 Å². The van der Waals surface area contributed by atoms with E-state index in [1.807, 2.05) is 12.4 Å². The predicted octanol–water partition coefficient (Wildman–Crippen LogP) is 3.41. The number of anilines is 2. The highest BCUT2D eigenvalue weighted by Gasteiger charge is 2.19. The lowest BCUT2D eigenvalue weighted by atomic mass is 10.0. The van der Waals surface area contributed by atoms with E-state index in [0.29, 0.717) is 5.13 Å². The van der Waals surface area contributed by atoms with Crippen LogP contribution in [0.1, 0.15) is 30.7 Å². The molecule has 0 radical (unpaired) electrons. The zero-order valence-electron chi connectivity index (χ0n) is 14.8. The van der Waals surface area contributed by atoms with Gasteiger partial charge in [-0.3, -0.25) is 4.98 Å². The van der Waals surface area contributed by atoms with Crippen molar-refractivity contribution in [3.8, 4) is 10.6 Å². The molecule has 0 saturated heterocycles. The average molecular weight is 364 g/mol. The summed E-state index contributed by atoms with van der Waals surface area (Å²) >= 11 is 1.40. The monoisotopic (exact) mass is 364 g/mol. The van der Waals surface area contributed by atoms with Crippen LogP contribution in [0.4, 0.5) is 10.9 Å². The molecule has 0 saturated carbocycles. The van der Waals surface area contributed by atoms with Crippen molar-refractivity contribution >= 4 is 27.9 Å². The molecule has 1 aliphatic carbocycles. The lowest BCUT2D eigenvalue weighted by Crippen LogP contribution is -2.23. The van der Waals surface area contributed by atoms with Gasteiger partial charge in [0, 0.05) is 24.2 Å². The number of hydrogen-bond acceptors (Lipinski definition) is 7. The van der Waals surface area contributed by atoms with E-state index in [9.17, 15) is 0 Å². The van der Waals surface area contributed by atoms with Crippen molar-refractivity contribution in [3.05, 3.63) is 53.5 Å². The van der Waals surface area contributed by atoms with Crippen molar-refractivity contribution < 1.29 is 0 Å². The summed E-state index contributed by atoms with van der Waals surface area (Å²) in [5.41, 5.74) is 11.3. The van der Waals surface area contributed by atoms with E-state index in [1.54, 1.807) is 0 Å². The zero-order valence-corrected chi connectivity index (χ0v) is 15.6. The number of fused-ring (bicyclic) bond motifs is 1. The van der Waals surface area contributed by atoms with Crippen molar-refractivity contribution in [2.75, 3.05) is 23.7 Å². The molecular weight excluding hydrogens is 344 g/mol. The van der Waals surface area contributed by atoms with Gasteiger partial charge in [-0.15, -0.1) is 10.2 Å². The van der Waals surface area contributed by atoms with E-state index in [2.05, 4.69) is 58.2 Å². The van der Waals surface area contributed by atoms with E-state index in [1.165, 1.54) is 22.5 Å². The third kappa shape index (κ3) is 2.94. The third-order valence-corrected chi connectivity index (χ3v) is 5.40. The van der Waals surface area contributed by atoms with Crippen molar-refractivity contribution in [2.45, 2.75) is 20.3 Å². The Balaban J connectivity index is 1.72. The van der Waals surface area contributed by atoms with Gasteiger partial charge < -0.3 is 10.6 Å². The minimum atomic E-state index is 0.481. The first-order valence-corrected chi connectivity index (χ1v) is 9.51. The van der Waals surface area contributed by atoms with Gasteiger partial charge in [0.1, 0.15) is 10.8 Å². The molecule has 0 fully saturated rings. The Morgan fingerprint density at radius 2 is 2.00 bits per heavy atom. The van der Waals surface area contributed by atoms with E-state index in [4.69, 9.17) is 10.7 Å². The Hall–Kier alpha value is -2.80. The van der Waals surface area contributed by atoms with Crippen LogP contribution in [0.2, 0.25) is 0 Å². The molecule has 0 unspecified atom stereocenters. The van der Waals surface area contributed by atoms with Gasteiger partial charge in [-0.25, -0.2) is 4.98 Å². The van der Waals surface area contributed by atoms with Crippen LogP contribution < -0.4 is 10.6 Å². The summed E-state index contributed by atoms with van der Waals surface area (Å²) in [6, 6.07) is 6.38. The van der Waals surface area contributed by atoms with Crippen molar-refractivity contribution in [1.82, 2.24) is 20.2 Å². The molecule has 2 heterocycles. The summed E-state index contributed by atoms with van der Waals surface area (Å²) < 4.78 is 0. The van der Waals surface area contributed by atoms with Gasteiger partial charge in [-0.1, -0.05) is 29.5 Å². The average Bonchev–Trinajstić information content (AvgIpc) is 3.28. The molecule has 0 bridgehead atoms. The molecular formula is C19H20N6S. The highest BCUT2D eigenvalue weighted by molar-refractivity contribution is 7.18. The number of benzene rings is 1. The van der Waals surface area contributed by atoms with Gasteiger partial charge in [-0.05, 0) is 37.5 Å². The Labute approximate surface area is 156 Å². The van der Waals surface area contributed by atoms with Crippen LogP contribution in [-0.2, 0) is 6.42 Å². The van der Waals surface area contributed by atoms with Crippen LogP contribution in [0.25, 0.3) is 16.1 Å². The molecule has 1 aliphatic rings. The smallest absolute Gasteiger partial charge is 0.203 e. The quantitative estimate of drug-likeness (QED) is 0.747. The molecule has 0 amide bonds. The zero-order chi connectivity index (χ0) is 18.1. The second-order valence-electron chi connectivity index (χ2n) is 6.07. The molecule has 0 spiro atoms. The Morgan fingerprint density at radius 3 is 2.73 bits per heavy atom. The fourth-order valence-electron chi connectivity index (χ4n) is 3.24.